The van der Waals surface area contributed by atoms with Gasteiger partial charge in [-0.15, -0.1) is 0 Å². The van der Waals surface area contributed by atoms with Crippen molar-refractivity contribution in [2.45, 2.75) is 59.3 Å². The second-order valence-electron chi connectivity index (χ2n) is 3.70. The van der Waals surface area contributed by atoms with E-state index in [2.05, 4.69) is 19.9 Å². The average molecular weight is 212 g/mol. The van der Waals surface area contributed by atoms with Gasteiger partial charge in [0.1, 0.15) is 0 Å². The highest BCUT2D eigenvalue weighted by Crippen LogP contribution is 2.11. The Hall–Kier alpha value is -0.790. The molecule has 0 radical (unpaired) electrons. The third kappa shape index (κ3) is 7.18. The molecule has 0 saturated heterocycles. The van der Waals surface area contributed by atoms with Crippen LogP contribution in [0.2, 0.25) is 0 Å². The number of hydrogen-bond acceptors (Lipinski definition) is 2. The molecule has 0 bridgehead atoms. The largest absolute Gasteiger partial charge is 0.463 e. The van der Waals surface area contributed by atoms with Gasteiger partial charge in [-0.1, -0.05) is 39.2 Å². The maximum absolute atomic E-state index is 11.6. The van der Waals surface area contributed by atoms with E-state index < -0.39 is 0 Å². The van der Waals surface area contributed by atoms with Crippen LogP contribution in [0.25, 0.3) is 0 Å². The standard InChI is InChI=1S/C13H24O2/c1-4-7-9-11-12(10-8-5-2)13(14)15-6-3/h11H,4-10H2,1-3H3. The quantitative estimate of drug-likeness (QED) is 0.347. The molecule has 0 aromatic rings. The molecule has 0 rings (SSSR count). The van der Waals surface area contributed by atoms with Crippen LogP contribution in [0.15, 0.2) is 11.6 Å². The van der Waals surface area contributed by atoms with Gasteiger partial charge in [-0.3, -0.25) is 0 Å². The highest BCUT2D eigenvalue weighted by Gasteiger charge is 2.08. The fourth-order valence-electron chi connectivity index (χ4n) is 1.36. The molecule has 0 aliphatic carbocycles. The lowest BCUT2D eigenvalue weighted by atomic mass is 10.1. The molecule has 0 amide bonds. The molecule has 2 nitrogen and oxygen atoms in total. The van der Waals surface area contributed by atoms with Crippen LogP contribution in [0.5, 0.6) is 0 Å². The Balaban J connectivity index is 4.15. The number of allylic oxidation sites excluding steroid dienone is 1. The van der Waals surface area contributed by atoms with Crippen molar-refractivity contribution in [3.8, 4) is 0 Å². The first-order valence-corrected chi connectivity index (χ1v) is 6.12. The van der Waals surface area contributed by atoms with E-state index in [1.54, 1.807) is 0 Å². The number of esters is 1. The Morgan fingerprint density at radius 1 is 1.13 bits per heavy atom. The Bertz CT molecular complexity index is 195. The molecular formula is C13H24O2. The first-order chi connectivity index (χ1) is 7.26. The second-order valence-corrected chi connectivity index (χ2v) is 3.70. The zero-order chi connectivity index (χ0) is 11.5. The summed E-state index contributed by atoms with van der Waals surface area (Å²) in [5.74, 6) is -0.123. The zero-order valence-electron chi connectivity index (χ0n) is 10.3. The maximum atomic E-state index is 11.6. The van der Waals surface area contributed by atoms with Crippen LogP contribution in [0.4, 0.5) is 0 Å². The topological polar surface area (TPSA) is 26.3 Å². The molecule has 88 valence electrons. The molecule has 0 spiro atoms. The summed E-state index contributed by atoms with van der Waals surface area (Å²) < 4.78 is 5.02. The number of carbonyl (C=O) groups excluding carboxylic acids is 1. The minimum absolute atomic E-state index is 0.123. The normalized spacial score (nSPS) is 11.5. The summed E-state index contributed by atoms with van der Waals surface area (Å²) in [4.78, 5) is 11.6. The fourth-order valence-corrected chi connectivity index (χ4v) is 1.36. The van der Waals surface area contributed by atoms with Gasteiger partial charge in [-0.25, -0.2) is 4.79 Å². The molecule has 0 unspecified atom stereocenters. The first kappa shape index (κ1) is 14.2. The minimum atomic E-state index is -0.123. The van der Waals surface area contributed by atoms with Crippen molar-refractivity contribution in [1.29, 1.82) is 0 Å². The van der Waals surface area contributed by atoms with E-state index in [1.165, 1.54) is 6.42 Å². The lowest BCUT2D eigenvalue weighted by Crippen LogP contribution is -2.07. The van der Waals surface area contributed by atoms with E-state index in [1.807, 2.05) is 6.92 Å². The summed E-state index contributed by atoms with van der Waals surface area (Å²) in [6, 6.07) is 0. The Morgan fingerprint density at radius 3 is 2.33 bits per heavy atom. The molecule has 15 heavy (non-hydrogen) atoms. The molecule has 0 atom stereocenters. The van der Waals surface area contributed by atoms with Crippen LogP contribution in [0.3, 0.4) is 0 Å². The zero-order valence-corrected chi connectivity index (χ0v) is 10.3. The molecule has 0 aromatic carbocycles. The molecule has 0 aliphatic rings. The van der Waals surface area contributed by atoms with Gasteiger partial charge in [-0.05, 0) is 26.2 Å². The van der Waals surface area contributed by atoms with Crippen molar-refractivity contribution in [3.63, 3.8) is 0 Å². The van der Waals surface area contributed by atoms with Crippen LogP contribution >= 0.6 is 0 Å². The number of unbranched alkanes of at least 4 members (excludes halogenated alkanes) is 3. The van der Waals surface area contributed by atoms with E-state index in [4.69, 9.17) is 4.74 Å². The van der Waals surface area contributed by atoms with Gasteiger partial charge < -0.3 is 4.74 Å². The van der Waals surface area contributed by atoms with Crippen LogP contribution in [-0.4, -0.2) is 12.6 Å². The van der Waals surface area contributed by atoms with Gasteiger partial charge in [0.25, 0.3) is 0 Å². The molecule has 0 saturated carbocycles. The predicted molar refractivity (Wildman–Crippen MR) is 63.8 cm³/mol. The van der Waals surface area contributed by atoms with Gasteiger partial charge in [-0.2, -0.15) is 0 Å². The fraction of sp³-hybridized carbons (Fsp3) is 0.769. The van der Waals surface area contributed by atoms with Gasteiger partial charge in [0.05, 0.1) is 6.61 Å². The van der Waals surface area contributed by atoms with E-state index in [-0.39, 0.29) is 5.97 Å². The van der Waals surface area contributed by atoms with Crippen LogP contribution in [0, 0.1) is 0 Å². The lowest BCUT2D eigenvalue weighted by molar-refractivity contribution is -0.138. The van der Waals surface area contributed by atoms with Crippen molar-refractivity contribution in [3.05, 3.63) is 11.6 Å². The molecule has 0 aliphatic heterocycles. The van der Waals surface area contributed by atoms with Crippen molar-refractivity contribution in [1.82, 2.24) is 0 Å². The van der Waals surface area contributed by atoms with Gasteiger partial charge >= 0.3 is 5.97 Å². The van der Waals surface area contributed by atoms with Crippen molar-refractivity contribution in [2.75, 3.05) is 6.61 Å². The number of rotatable bonds is 8. The minimum Gasteiger partial charge on any atom is -0.463 e. The van der Waals surface area contributed by atoms with Gasteiger partial charge in [0, 0.05) is 5.57 Å². The molecule has 0 fully saturated rings. The van der Waals surface area contributed by atoms with E-state index >= 15 is 0 Å². The third-order valence-corrected chi connectivity index (χ3v) is 2.29. The van der Waals surface area contributed by atoms with E-state index in [0.29, 0.717) is 6.61 Å². The molecule has 2 heteroatoms. The Morgan fingerprint density at radius 2 is 1.80 bits per heavy atom. The molecule has 0 aromatic heterocycles. The van der Waals surface area contributed by atoms with Crippen LogP contribution in [-0.2, 0) is 9.53 Å². The Labute approximate surface area is 93.7 Å². The van der Waals surface area contributed by atoms with Gasteiger partial charge in [0.2, 0.25) is 0 Å². The average Bonchev–Trinajstić information content (AvgIpc) is 2.23. The van der Waals surface area contributed by atoms with Crippen molar-refractivity contribution < 1.29 is 9.53 Å². The molecule has 0 N–H and O–H groups in total. The highest BCUT2D eigenvalue weighted by atomic mass is 16.5. The Kier molecular flexibility index (Phi) is 9.24. The summed E-state index contributed by atoms with van der Waals surface area (Å²) in [5.41, 5.74) is 0.868. The van der Waals surface area contributed by atoms with E-state index in [0.717, 1.165) is 37.7 Å². The second kappa shape index (κ2) is 9.75. The highest BCUT2D eigenvalue weighted by molar-refractivity contribution is 5.88. The first-order valence-electron chi connectivity index (χ1n) is 6.12. The lowest BCUT2D eigenvalue weighted by Gasteiger charge is -2.06. The number of ether oxygens (including phenoxy) is 1. The number of hydrogen-bond donors (Lipinski definition) is 0. The maximum Gasteiger partial charge on any atom is 0.333 e. The summed E-state index contributed by atoms with van der Waals surface area (Å²) >= 11 is 0. The van der Waals surface area contributed by atoms with Crippen molar-refractivity contribution in [2.24, 2.45) is 0 Å². The SMILES string of the molecule is CCCCC=C(CCCC)C(=O)OCC. The molecule has 0 heterocycles. The van der Waals surface area contributed by atoms with E-state index in [9.17, 15) is 4.79 Å². The summed E-state index contributed by atoms with van der Waals surface area (Å²) in [6.07, 6.45) is 8.40. The monoisotopic (exact) mass is 212 g/mol. The summed E-state index contributed by atoms with van der Waals surface area (Å²) in [6.45, 7) is 6.61. The third-order valence-electron chi connectivity index (χ3n) is 2.29. The van der Waals surface area contributed by atoms with Gasteiger partial charge in [0.15, 0.2) is 0 Å². The number of carbonyl (C=O) groups is 1. The van der Waals surface area contributed by atoms with Crippen LogP contribution < -0.4 is 0 Å². The predicted octanol–water partition coefficient (Wildman–Crippen LogP) is 3.86. The smallest absolute Gasteiger partial charge is 0.333 e. The van der Waals surface area contributed by atoms with Crippen molar-refractivity contribution >= 4 is 5.97 Å². The van der Waals surface area contributed by atoms with Crippen LogP contribution in [0.1, 0.15) is 59.3 Å². The summed E-state index contributed by atoms with van der Waals surface area (Å²) in [7, 11) is 0. The summed E-state index contributed by atoms with van der Waals surface area (Å²) in [5, 5.41) is 0. The molecular weight excluding hydrogens is 188 g/mol.